The van der Waals surface area contributed by atoms with Crippen molar-refractivity contribution in [3.63, 3.8) is 0 Å². The fourth-order valence-corrected chi connectivity index (χ4v) is 1.64. The van der Waals surface area contributed by atoms with Crippen LogP contribution in [-0.4, -0.2) is 0 Å². The zero-order valence-corrected chi connectivity index (χ0v) is 9.24. The van der Waals surface area contributed by atoms with Gasteiger partial charge in [-0.15, -0.1) is 0 Å². The molecule has 0 amide bonds. The second-order valence-corrected chi connectivity index (χ2v) is 3.78. The highest BCUT2D eigenvalue weighted by Gasteiger charge is 2.35. The second-order valence-electron chi connectivity index (χ2n) is 3.78. The van der Waals surface area contributed by atoms with E-state index in [2.05, 4.69) is 6.58 Å². The summed E-state index contributed by atoms with van der Waals surface area (Å²) in [5, 5.41) is 0. The normalized spacial score (nSPS) is 11.2. The topological polar surface area (TPSA) is 0 Å². The number of benzene rings is 2. The molecule has 0 aliphatic rings. The third-order valence-corrected chi connectivity index (χ3v) is 2.64. The van der Waals surface area contributed by atoms with Gasteiger partial charge in [-0.25, -0.2) is 0 Å². The van der Waals surface area contributed by atoms with Gasteiger partial charge < -0.3 is 0 Å². The Hall–Kier alpha value is -1.96. The average molecular weight is 230 g/mol. The molecule has 0 radical (unpaired) electrons. The highest BCUT2D eigenvalue weighted by Crippen LogP contribution is 2.39. The number of hydrogen-bond acceptors (Lipinski definition) is 0. The highest BCUT2D eigenvalue weighted by molar-refractivity contribution is 5.70. The van der Waals surface area contributed by atoms with Gasteiger partial charge in [-0.05, 0) is 5.56 Å². The maximum Gasteiger partial charge on any atom is 0.298 e. The molecule has 0 saturated heterocycles. The lowest BCUT2D eigenvalue weighted by molar-refractivity contribution is 0.0647. The third-order valence-electron chi connectivity index (χ3n) is 2.64. The molecule has 0 bridgehead atoms. The molecule has 0 aromatic heterocycles. The van der Waals surface area contributed by atoms with Crippen molar-refractivity contribution in [1.82, 2.24) is 0 Å². The maximum absolute atomic E-state index is 14.1. The van der Waals surface area contributed by atoms with Crippen molar-refractivity contribution in [2.75, 3.05) is 0 Å². The average Bonchev–Trinajstić information content (AvgIpc) is 2.40. The molecule has 0 spiro atoms. The zero-order valence-electron chi connectivity index (χ0n) is 9.24. The summed E-state index contributed by atoms with van der Waals surface area (Å²) in [5.41, 5.74) is 0.250. The van der Waals surface area contributed by atoms with Gasteiger partial charge in [-0.1, -0.05) is 67.2 Å². The van der Waals surface area contributed by atoms with Crippen molar-refractivity contribution in [3.05, 3.63) is 78.4 Å². The molecule has 0 aliphatic heterocycles. The summed E-state index contributed by atoms with van der Waals surface area (Å²) >= 11 is 0. The van der Waals surface area contributed by atoms with Crippen LogP contribution in [0, 0.1) is 0 Å². The Morgan fingerprint density at radius 1 is 0.824 bits per heavy atom. The fourth-order valence-electron chi connectivity index (χ4n) is 1.64. The summed E-state index contributed by atoms with van der Waals surface area (Å²) in [7, 11) is 0. The number of rotatable bonds is 3. The van der Waals surface area contributed by atoms with Crippen LogP contribution in [0.1, 0.15) is 11.1 Å². The largest absolute Gasteiger partial charge is 0.298 e. The van der Waals surface area contributed by atoms with Crippen LogP contribution in [0.4, 0.5) is 8.78 Å². The van der Waals surface area contributed by atoms with Gasteiger partial charge >= 0.3 is 0 Å². The van der Waals surface area contributed by atoms with E-state index in [1.807, 2.05) is 0 Å². The van der Waals surface area contributed by atoms with E-state index >= 15 is 0 Å². The molecule has 0 heterocycles. The van der Waals surface area contributed by atoms with Crippen LogP contribution in [0.3, 0.4) is 0 Å². The van der Waals surface area contributed by atoms with Crippen molar-refractivity contribution < 1.29 is 8.78 Å². The van der Waals surface area contributed by atoms with E-state index in [-0.39, 0.29) is 11.1 Å². The molecule has 0 N–H and O–H groups in total. The Kier molecular flexibility index (Phi) is 3.05. The summed E-state index contributed by atoms with van der Waals surface area (Å²) in [6, 6.07) is 16.2. The molecule has 86 valence electrons. The van der Waals surface area contributed by atoms with E-state index in [4.69, 9.17) is 0 Å². The predicted octanol–water partition coefficient (Wildman–Crippen LogP) is 4.49. The molecular weight excluding hydrogens is 218 g/mol. The van der Waals surface area contributed by atoms with E-state index in [0.717, 1.165) is 0 Å². The predicted molar refractivity (Wildman–Crippen MR) is 65.8 cm³/mol. The van der Waals surface area contributed by atoms with E-state index < -0.39 is 5.92 Å². The molecular formula is C15H12F2. The van der Waals surface area contributed by atoms with Crippen LogP contribution >= 0.6 is 0 Å². The fraction of sp³-hybridized carbons (Fsp3) is 0.0667. The first-order valence-electron chi connectivity index (χ1n) is 5.30. The van der Waals surface area contributed by atoms with Crippen molar-refractivity contribution in [2.24, 2.45) is 0 Å². The summed E-state index contributed by atoms with van der Waals surface area (Å²) in [5.74, 6) is -3.04. The molecule has 0 aliphatic carbocycles. The van der Waals surface area contributed by atoms with Crippen molar-refractivity contribution in [3.8, 4) is 0 Å². The Morgan fingerprint density at radius 3 is 1.82 bits per heavy atom. The van der Waals surface area contributed by atoms with Crippen molar-refractivity contribution in [1.29, 1.82) is 0 Å². The van der Waals surface area contributed by atoms with Gasteiger partial charge in [0.15, 0.2) is 0 Å². The monoisotopic (exact) mass is 230 g/mol. The summed E-state index contributed by atoms with van der Waals surface area (Å²) in [6.45, 7) is 3.52. The summed E-state index contributed by atoms with van der Waals surface area (Å²) in [4.78, 5) is 0. The van der Waals surface area contributed by atoms with Gasteiger partial charge in [-0.2, -0.15) is 8.78 Å². The highest BCUT2D eigenvalue weighted by atomic mass is 19.3. The molecule has 0 atom stereocenters. The number of hydrogen-bond donors (Lipinski definition) is 0. The van der Waals surface area contributed by atoms with E-state index in [0.29, 0.717) is 5.56 Å². The summed E-state index contributed by atoms with van der Waals surface area (Å²) in [6.07, 6.45) is 0. The standard InChI is InChI=1S/C15H12F2/c1-12(13-8-4-2-5-9-13)15(16,17)14-10-6-3-7-11-14/h2-11H,1H2. The van der Waals surface area contributed by atoms with Crippen molar-refractivity contribution >= 4 is 5.57 Å². The Bertz CT molecular complexity index is 501. The first kappa shape index (κ1) is 11.5. The number of alkyl halides is 2. The molecule has 0 saturated carbocycles. The van der Waals surface area contributed by atoms with Gasteiger partial charge in [0.25, 0.3) is 5.92 Å². The van der Waals surface area contributed by atoms with Gasteiger partial charge in [0, 0.05) is 11.1 Å². The molecule has 2 rings (SSSR count). The number of allylic oxidation sites excluding steroid dienone is 1. The Morgan fingerprint density at radius 2 is 1.29 bits per heavy atom. The van der Waals surface area contributed by atoms with Crippen LogP contribution in [0.5, 0.6) is 0 Å². The van der Waals surface area contributed by atoms with E-state index in [9.17, 15) is 8.78 Å². The molecule has 2 aromatic carbocycles. The van der Waals surface area contributed by atoms with Crippen LogP contribution < -0.4 is 0 Å². The Balaban J connectivity index is 2.37. The van der Waals surface area contributed by atoms with Gasteiger partial charge in [-0.3, -0.25) is 0 Å². The SMILES string of the molecule is C=C(c1ccccc1)C(F)(F)c1ccccc1. The molecule has 2 heteroatoms. The van der Waals surface area contributed by atoms with E-state index in [1.165, 1.54) is 12.1 Å². The second kappa shape index (κ2) is 4.50. The molecule has 0 nitrogen and oxygen atoms in total. The lowest BCUT2D eigenvalue weighted by Gasteiger charge is -2.19. The molecule has 17 heavy (non-hydrogen) atoms. The smallest absolute Gasteiger partial charge is 0.196 e. The molecule has 2 aromatic rings. The van der Waals surface area contributed by atoms with Gasteiger partial charge in [0.1, 0.15) is 0 Å². The van der Waals surface area contributed by atoms with Gasteiger partial charge in [0.2, 0.25) is 0 Å². The lowest BCUT2D eigenvalue weighted by atomic mass is 9.96. The van der Waals surface area contributed by atoms with Crippen LogP contribution in [0.2, 0.25) is 0 Å². The maximum atomic E-state index is 14.1. The summed E-state index contributed by atoms with van der Waals surface area (Å²) < 4.78 is 28.3. The first-order chi connectivity index (χ1) is 8.12. The minimum absolute atomic E-state index is 0.0335. The quantitative estimate of drug-likeness (QED) is 0.728. The zero-order chi connectivity index (χ0) is 12.3. The minimum atomic E-state index is -3.04. The van der Waals surface area contributed by atoms with Crippen molar-refractivity contribution in [2.45, 2.75) is 5.92 Å². The van der Waals surface area contributed by atoms with Crippen LogP contribution in [-0.2, 0) is 5.92 Å². The third kappa shape index (κ3) is 2.26. The first-order valence-corrected chi connectivity index (χ1v) is 5.30. The lowest BCUT2D eigenvalue weighted by Crippen LogP contribution is -2.14. The van der Waals surface area contributed by atoms with Gasteiger partial charge in [0.05, 0.1) is 0 Å². The van der Waals surface area contributed by atoms with Crippen LogP contribution in [0.15, 0.2) is 67.2 Å². The molecule has 0 unspecified atom stereocenters. The van der Waals surface area contributed by atoms with E-state index in [1.54, 1.807) is 48.5 Å². The Labute approximate surface area is 99.2 Å². The molecule has 0 fully saturated rings. The van der Waals surface area contributed by atoms with Crippen LogP contribution in [0.25, 0.3) is 5.57 Å². The number of halogens is 2. The minimum Gasteiger partial charge on any atom is -0.196 e.